The molecule has 24 heavy (non-hydrogen) atoms. The zero-order valence-corrected chi connectivity index (χ0v) is 17.7. The first-order chi connectivity index (χ1) is 11.2. The maximum atomic E-state index is 12.4. The average Bonchev–Trinajstić information content (AvgIpc) is 2.49. The average molecular weight is 500 g/mol. The molecular formula is C18H19BrIN3O. The van der Waals surface area contributed by atoms with E-state index in [2.05, 4.69) is 76.5 Å². The van der Waals surface area contributed by atoms with E-state index in [0.717, 1.165) is 30.1 Å². The van der Waals surface area contributed by atoms with Crippen LogP contribution in [0.3, 0.4) is 0 Å². The van der Waals surface area contributed by atoms with Gasteiger partial charge in [-0.1, -0.05) is 36.7 Å². The summed E-state index contributed by atoms with van der Waals surface area (Å²) in [5.41, 5.74) is 0.713. The summed E-state index contributed by atoms with van der Waals surface area (Å²) in [7, 11) is 0. The van der Waals surface area contributed by atoms with Crippen LogP contribution in [-0.2, 0) is 0 Å². The van der Waals surface area contributed by atoms with Gasteiger partial charge in [0, 0.05) is 27.5 Å². The van der Waals surface area contributed by atoms with Crippen LogP contribution in [0.1, 0.15) is 27.7 Å². The SMILES string of the molecule is C[C@H](Nc1nc2c(I)c[nH]c(=O)c2c2cc(Br)ccc12)C(C)(C)C. The molecule has 1 atom stereocenters. The van der Waals surface area contributed by atoms with Crippen molar-refractivity contribution in [3.05, 3.63) is 42.8 Å². The van der Waals surface area contributed by atoms with Crippen molar-refractivity contribution in [3.63, 3.8) is 0 Å². The molecule has 2 heterocycles. The Labute approximate surface area is 162 Å². The fourth-order valence-corrected chi connectivity index (χ4v) is 3.40. The van der Waals surface area contributed by atoms with Crippen molar-refractivity contribution < 1.29 is 0 Å². The fourth-order valence-electron chi connectivity index (χ4n) is 2.49. The van der Waals surface area contributed by atoms with Gasteiger partial charge in [-0.15, -0.1) is 0 Å². The topological polar surface area (TPSA) is 57.8 Å². The number of hydrogen-bond acceptors (Lipinski definition) is 3. The van der Waals surface area contributed by atoms with Gasteiger partial charge < -0.3 is 10.3 Å². The number of nitrogens with one attached hydrogen (secondary N) is 2. The van der Waals surface area contributed by atoms with Gasteiger partial charge >= 0.3 is 0 Å². The Morgan fingerprint density at radius 3 is 2.67 bits per heavy atom. The second kappa shape index (κ2) is 6.29. The molecule has 0 unspecified atom stereocenters. The van der Waals surface area contributed by atoms with Crippen molar-refractivity contribution in [1.82, 2.24) is 9.97 Å². The summed E-state index contributed by atoms with van der Waals surface area (Å²) in [6, 6.07) is 6.19. The standard InChI is InChI=1S/C18H19BrIN3O/c1-9(18(2,3)4)22-16-11-6-5-10(19)7-12(11)14-15(23-16)13(20)8-21-17(14)24/h5-9H,1-4H3,(H,21,24)(H,22,23)/t9-/m0/s1. The summed E-state index contributed by atoms with van der Waals surface area (Å²) in [6.45, 7) is 8.73. The molecule has 0 bridgehead atoms. The van der Waals surface area contributed by atoms with Crippen LogP contribution in [0.15, 0.2) is 33.7 Å². The number of aromatic nitrogens is 2. The molecule has 0 fully saturated rings. The van der Waals surface area contributed by atoms with Crippen LogP contribution in [0.4, 0.5) is 5.82 Å². The first-order valence-electron chi connectivity index (χ1n) is 7.75. The van der Waals surface area contributed by atoms with E-state index < -0.39 is 0 Å². The lowest BCUT2D eigenvalue weighted by Crippen LogP contribution is -2.31. The lowest BCUT2D eigenvalue weighted by molar-refractivity contribution is 0.359. The third-order valence-electron chi connectivity index (χ3n) is 4.40. The Hall–Kier alpha value is -1.15. The summed E-state index contributed by atoms with van der Waals surface area (Å²) in [5.74, 6) is 0.816. The van der Waals surface area contributed by atoms with E-state index in [1.165, 1.54) is 0 Å². The quantitative estimate of drug-likeness (QED) is 0.372. The Morgan fingerprint density at radius 2 is 2.00 bits per heavy atom. The Morgan fingerprint density at radius 1 is 1.29 bits per heavy atom. The third-order valence-corrected chi connectivity index (χ3v) is 5.72. The highest BCUT2D eigenvalue weighted by atomic mass is 127. The van der Waals surface area contributed by atoms with Crippen molar-refractivity contribution in [2.75, 3.05) is 5.32 Å². The molecule has 2 aromatic heterocycles. The van der Waals surface area contributed by atoms with Crippen LogP contribution in [0, 0.1) is 8.99 Å². The van der Waals surface area contributed by atoms with Crippen molar-refractivity contribution in [2.24, 2.45) is 5.41 Å². The minimum Gasteiger partial charge on any atom is -0.367 e. The van der Waals surface area contributed by atoms with Gasteiger partial charge in [-0.2, -0.15) is 0 Å². The summed E-state index contributed by atoms with van der Waals surface area (Å²) >= 11 is 5.72. The molecule has 0 aliphatic heterocycles. The summed E-state index contributed by atoms with van der Waals surface area (Å²) < 4.78 is 1.87. The highest BCUT2D eigenvalue weighted by Crippen LogP contribution is 2.33. The van der Waals surface area contributed by atoms with E-state index in [9.17, 15) is 4.79 Å². The van der Waals surface area contributed by atoms with E-state index in [0.29, 0.717) is 5.39 Å². The van der Waals surface area contributed by atoms with E-state index in [-0.39, 0.29) is 17.0 Å². The molecule has 0 radical (unpaired) electrons. The first-order valence-corrected chi connectivity index (χ1v) is 9.62. The lowest BCUT2D eigenvalue weighted by Gasteiger charge is -2.29. The predicted octanol–water partition coefficient (Wildman–Crippen LogP) is 5.29. The van der Waals surface area contributed by atoms with E-state index in [1.54, 1.807) is 6.20 Å². The molecule has 126 valence electrons. The molecule has 6 heteroatoms. The summed E-state index contributed by atoms with van der Waals surface area (Å²) in [5, 5.41) is 6.03. The number of aromatic amines is 1. The maximum Gasteiger partial charge on any atom is 0.258 e. The van der Waals surface area contributed by atoms with E-state index >= 15 is 0 Å². The molecule has 0 spiro atoms. The van der Waals surface area contributed by atoms with Crippen molar-refractivity contribution >= 4 is 66.0 Å². The van der Waals surface area contributed by atoms with Gasteiger partial charge in [0.1, 0.15) is 5.82 Å². The fraction of sp³-hybridized carbons (Fsp3) is 0.333. The normalized spacial score (nSPS) is 13.4. The number of rotatable bonds is 2. The minimum absolute atomic E-state index is 0.0969. The molecule has 1 aromatic carbocycles. The molecule has 0 amide bonds. The number of anilines is 1. The van der Waals surface area contributed by atoms with Crippen LogP contribution < -0.4 is 10.9 Å². The molecule has 0 aliphatic rings. The zero-order valence-electron chi connectivity index (χ0n) is 14.0. The predicted molar refractivity (Wildman–Crippen MR) is 113 cm³/mol. The molecule has 3 aromatic rings. The monoisotopic (exact) mass is 499 g/mol. The second-order valence-corrected chi connectivity index (χ2v) is 9.15. The smallest absolute Gasteiger partial charge is 0.258 e. The number of fused-ring (bicyclic) bond motifs is 3. The number of benzene rings is 1. The van der Waals surface area contributed by atoms with Gasteiger partial charge in [0.05, 0.1) is 14.5 Å². The van der Waals surface area contributed by atoms with Crippen molar-refractivity contribution in [2.45, 2.75) is 33.7 Å². The van der Waals surface area contributed by atoms with Crippen LogP contribution >= 0.6 is 38.5 Å². The molecule has 0 aliphatic carbocycles. The van der Waals surface area contributed by atoms with Gasteiger partial charge in [0.2, 0.25) is 0 Å². The highest BCUT2D eigenvalue weighted by molar-refractivity contribution is 14.1. The van der Waals surface area contributed by atoms with Gasteiger partial charge in [-0.05, 0) is 53.1 Å². The molecule has 0 saturated heterocycles. The second-order valence-electron chi connectivity index (χ2n) is 7.07. The van der Waals surface area contributed by atoms with Gasteiger partial charge in [0.15, 0.2) is 0 Å². The Balaban J connectivity index is 2.37. The number of H-pyrrole nitrogens is 1. The first kappa shape index (κ1) is 17.7. The van der Waals surface area contributed by atoms with E-state index in [4.69, 9.17) is 4.98 Å². The minimum atomic E-state index is -0.114. The highest BCUT2D eigenvalue weighted by Gasteiger charge is 2.22. The Bertz CT molecular complexity index is 991. The lowest BCUT2D eigenvalue weighted by atomic mass is 9.88. The van der Waals surface area contributed by atoms with Gasteiger partial charge in [-0.3, -0.25) is 4.79 Å². The molecule has 4 nitrogen and oxygen atoms in total. The summed E-state index contributed by atoms with van der Waals surface area (Å²) in [6.07, 6.45) is 1.71. The number of nitrogens with zero attached hydrogens (tertiary/aromatic N) is 1. The Kier molecular flexibility index (Phi) is 4.63. The van der Waals surface area contributed by atoms with E-state index in [1.807, 2.05) is 18.2 Å². The van der Waals surface area contributed by atoms with Gasteiger partial charge in [0.25, 0.3) is 5.56 Å². The number of pyridine rings is 2. The largest absolute Gasteiger partial charge is 0.367 e. The van der Waals surface area contributed by atoms with Crippen LogP contribution in [0.25, 0.3) is 21.7 Å². The number of halogens is 2. The number of hydrogen-bond donors (Lipinski definition) is 2. The molecular weight excluding hydrogens is 481 g/mol. The van der Waals surface area contributed by atoms with Crippen LogP contribution in [0.2, 0.25) is 0 Å². The van der Waals surface area contributed by atoms with Crippen LogP contribution in [-0.4, -0.2) is 16.0 Å². The van der Waals surface area contributed by atoms with Crippen molar-refractivity contribution in [3.8, 4) is 0 Å². The van der Waals surface area contributed by atoms with Gasteiger partial charge in [-0.25, -0.2) is 4.98 Å². The zero-order chi connectivity index (χ0) is 17.6. The molecule has 0 saturated carbocycles. The van der Waals surface area contributed by atoms with Crippen molar-refractivity contribution in [1.29, 1.82) is 0 Å². The molecule has 3 rings (SSSR count). The summed E-state index contributed by atoms with van der Waals surface area (Å²) in [4.78, 5) is 20.0. The van der Waals surface area contributed by atoms with Crippen LogP contribution in [0.5, 0.6) is 0 Å². The molecule has 2 N–H and O–H groups in total. The third kappa shape index (κ3) is 3.18. The maximum absolute atomic E-state index is 12.4.